The fourth-order valence-corrected chi connectivity index (χ4v) is 2.54. The smallest absolute Gasteiger partial charge is 0.361 e. The maximum atomic E-state index is 12.1. The summed E-state index contributed by atoms with van der Waals surface area (Å²) in [6, 6.07) is 0. The average molecular weight is 289 g/mol. The maximum Gasteiger partial charge on any atom is 0.361 e. The third kappa shape index (κ3) is 2.55. The van der Waals surface area contributed by atoms with Crippen molar-refractivity contribution in [1.82, 2.24) is 24.5 Å². The second-order valence-corrected chi connectivity index (χ2v) is 5.38. The molecule has 0 bridgehead atoms. The summed E-state index contributed by atoms with van der Waals surface area (Å²) in [5.74, 6) is 0.183. The van der Waals surface area contributed by atoms with Gasteiger partial charge in [-0.3, -0.25) is 0 Å². The van der Waals surface area contributed by atoms with E-state index < -0.39 is 5.97 Å². The van der Waals surface area contributed by atoms with E-state index in [1.165, 1.54) is 19.3 Å². The van der Waals surface area contributed by atoms with Gasteiger partial charge in [0.05, 0.1) is 24.8 Å². The van der Waals surface area contributed by atoms with E-state index in [-0.39, 0.29) is 5.69 Å². The molecule has 3 rings (SSSR count). The number of carbonyl (C=O) groups excluding carboxylic acids is 1. The van der Waals surface area contributed by atoms with E-state index in [4.69, 9.17) is 4.74 Å². The number of aromatic nitrogens is 5. The zero-order chi connectivity index (χ0) is 14.8. The number of rotatable bonds is 5. The average Bonchev–Trinajstić information content (AvgIpc) is 2.99. The van der Waals surface area contributed by atoms with E-state index in [2.05, 4.69) is 15.3 Å². The molecule has 7 heteroatoms. The molecule has 0 aliphatic heterocycles. The van der Waals surface area contributed by atoms with Crippen LogP contribution in [0.4, 0.5) is 0 Å². The van der Waals surface area contributed by atoms with E-state index in [9.17, 15) is 4.79 Å². The lowest BCUT2D eigenvalue weighted by atomic mass is 9.85. The summed E-state index contributed by atoms with van der Waals surface area (Å²) in [6.07, 6.45) is 7.10. The molecule has 0 saturated heterocycles. The molecule has 7 nitrogen and oxygen atoms in total. The van der Waals surface area contributed by atoms with Crippen LogP contribution in [0.25, 0.3) is 11.4 Å². The predicted octanol–water partition coefficient (Wildman–Crippen LogP) is 1.66. The Kier molecular flexibility index (Phi) is 3.72. The molecule has 1 aliphatic carbocycles. The Hall–Kier alpha value is -2.18. The number of ether oxygens (including phenoxy) is 1. The van der Waals surface area contributed by atoms with Gasteiger partial charge in [0, 0.05) is 13.6 Å². The quantitative estimate of drug-likeness (QED) is 0.782. The van der Waals surface area contributed by atoms with Crippen LogP contribution in [0.2, 0.25) is 0 Å². The van der Waals surface area contributed by atoms with E-state index in [1.54, 1.807) is 19.4 Å². The van der Waals surface area contributed by atoms with Crippen molar-refractivity contribution < 1.29 is 9.53 Å². The number of esters is 1. The van der Waals surface area contributed by atoms with E-state index in [1.807, 2.05) is 16.3 Å². The van der Waals surface area contributed by atoms with Crippen molar-refractivity contribution >= 4 is 5.97 Å². The summed E-state index contributed by atoms with van der Waals surface area (Å²) in [5, 5.41) is 8.20. The highest BCUT2D eigenvalue weighted by molar-refractivity contribution is 5.93. The van der Waals surface area contributed by atoms with Gasteiger partial charge in [-0.2, -0.15) is 0 Å². The predicted molar refractivity (Wildman–Crippen MR) is 75.5 cm³/mol. The van der Waals surface area contributed by atoms with E-state index in [0.717, 1.165) is 12.2 Å². The first-order valence-electron chi connectivity index (χ1n) is 7.28. The number of aryl methyl sites for hydroxylation is 1. The molecule has 2 aromatic rings. The van der Waals surface area contributed by atoms with Crippen LogP contribution in [-0.4, -0.2) is 37.1 Å². The molecule has 0 unspecified atom stereocenters. The first-order valence-corrected chi connectivity index (χ1v) is 7.28. The van der Waals surface area contributed by atoms with Crippen molar-refractivity contribution in [1.29, 1.82) is 0 Å². The van der Waals surface area contributed by atoms with Gasteiger partial charge in [0.1, 0.15) is 5.69 Å². The third-order valence-corrected chi connectivity index (χ3v) is 3.92. The van der Waals surface area contributed by atoms with Gasteiger partial charge in [0.15, 0.2) is 5.69 Å². The van der Waals surface area contributed by atoms with Crippen LogP contribution >= 0.6 is 0 Å². The summed E-state index contributed by atoms with van der Waals surface area (Å²) < 4.78 is 8.75. The van der Waals surface area contributed by atoms with Crippen LogP contribution in [0, 0.1) is 5.92 Å². The molecule has 2 aromatic heterocycles. The molecule has 1 aliphatic rings. The topological polar surface area (TPSA) is 74.8 Å². The standard InChI is InChI=1S/C14H19N5O2/c1-3-21-14(20)12-13(11-7-15-9-18(11)2)19(17-16-12)8-10-5-4-6-10/h7,9-10H,3-6,8H2,1-2H3. The van der Waals surface area contributed by atoms with Crippen molar-refractivity contribution in [2.24, 2.45) is 13.0 Å². The van der Waals surface area contributed by atoms with Gasteiger partial charge in [0.2, 0.25) is 0 Å². The van der Waals surface area contributed by atoms with E-state index in [0.29, 0.717) is 18.2 Å². The third-order valence-electron chi connectivity index (χ3n) is 3.92. The van der Waals surface area contributed by atoms with Crippen molar-refractivity contribution in [2.45, 2.75) is 32.7 Å². The van der Waals surface area contributed by atoms with Gasteiger partial charge >= 0.3 is 5.97 Å². The minimum absolute atomic E-state index is 0.264. The van der Waals surface area contributed by atoms with Crippen molar-refractivity contribution in [3.63, 3.8) is 0 Å². The number of nitrogens with zero attached hydrogens (tertiary/aromatic N) is 5. The SMILES string of the molecule is CCOC(=O)c1nnn(CC2CCC2)c1-c1cncn1C. The summed E-state index contributed by atoms with van der Waals surface area (Å²) in [6.45, 7) is 2.88. The van der Waals surface area contributed by atoms with Crippen molar-refractivity contribution in [3.05, 3.63) is 18.2 Å². The second kappa shape index (κ2) is 5.67. The first kappa shape index (κ1) is 13.8. The van der Waals surface area contributed by atoms with Gasteiger partial charge in [0.25, 0.3) is 0 Å². The zero-order valence-electron chi connectivity index (χ0n) is 12.3. The van der Waals surface area contributed by atoms with Crippen molar-refractivity contribution in [2.75, 3.05) is 6.61 Å². The molecule has 21 heavy (non-hydrogen) atoms. The number of hydrogen-bond acceptors (Lipinski definition) is 5. The van der Waals surface area contributed by atoms with Crippen LogP contribution in [0.15, 0.2) is 12.5 Å². The highest BCUT2D eigenvalue weighted by Gasteiger charge is 2.27. The Morgan fingerprint density at radius 3 is 2.86 bits per heavy atom. The Labute approximate surface area is 122 Å². The molecule has 0 N–H and O–H groups in total. The Morgan fingerprint density at radius 1 is 1.48 bits per heavy atom. The number of hydrogen-bond donors (Lipinski definition) is 0. The lowest BCUT2D eigenvalue weighted by molar-refractivity contribution is 0.0520. The lowest BCUT2D eigenvalue weighted by Gasteiger charge is -2.25. The zero-order valence-corrected chi connectivity index (χ0v) is 12.3. The van der Waals surface area contributed by atoms with Crippen LogP contribution < -0.4 is 0 Å². The van der Waals surface area contributed by atoms with Gasteiger partial charge in [-0.1, -0.05) is 11.6 Å². The fourth-order valence-electron chi connectivity index (χ4n) is 2.54. The molecule has 0 aromatic carbocycles. The molecule has 1 fully saturated rings. The molecule has 112 valence electrons. The normalized spacial score (nSPS) is 15.0. The maximum absolute atomic E-state index is 12.1. The lowest BCUT2D eigenvalue weighted by Crippen LogP contribution is -2.20. The van der Waals surface area contributed by atoms with Gasteiger partial charge < -0.3 is 9.30 Å². The van der Waals surface area contributed by atoms with Gasteiger partial charge in [-0.15, -0.1) is 5.10 Å². The summed E-state index contributed by atoms with van der Waals surface area (Å²) in [7, 11) is 1.89. The van der Waals surface area contributed by atoms with Crippen LogP contribution in [0.3, 0.4) is 0 Å². The second-order valence-electron chi connectivity index (χ2n) is 5.38. The highest BCUT2D eigenvalue weighted by atomic mass is 16.5. The fraction of sp³-hybridized carbons (Fsp3) is 0.571. The van der Waals surface area contributed by atoms with Crippen molar-refractivity contribution in [3.8, 4) is 11.4 Å². The molecular weight excluding hydrogens is 270 g/mol. The highest BCUT2D eigenvalue weighted by Crippen LogP contribution is 2.30. The minimum Gasteiger partial charge on any atom is -0.461 e. The first-order chi connectivity index (χ1) is 10.2. The van der Waals surface area contributed by atoms with Gasteiger partial charge in [-0.25, -0.2) is 14.5 Å². The Morgan fingerprint density at radius 2 is 2.29 bits per heavy atom. The molecule has 0 atom stereocenters. The van der Waals surface area contributed by atoms with Crippen LogP contribution in [-0.2, 0) is 18.3 Å². The molecule has 0 radical (unpaired) electrons. The largest absolute Gasteiger partial charge is 0.461 e. The molecule has 0 spiro atoms. The minimum atomic E-state index is -0.437. The van der Waals surface area contributed by atoms with Gasteiger partial charge in [-0.05, 0) is 25.7 Å². The molecule has 1 saturated carbocycles. The monoisotopic (exact) mass is 289 g/mol. The summed E-state index contributed by atoms with van der Waals surface area (Å²) in [5.41, 5.74) is 1.78. The summed E-state index contributed by atoms with van der Waals surface area (Å²) >= 11 is 0. The Balaban J connectivity index is 2.00. The molecular formula is C14H19N5O2. The Bertz CT molecular complexity index is 642. The van der Waals surface area contributed by atoms with Crippen LogP contribution in [0.5, 0.6) is 0 Å². The number of carbonyl (C=O) groups is 1. The van der Waals surface area contributed by atoms with Crippen LogP contribution in [0.1, 0.15) is 36.7 Å². The summed E-state index contributed by atoms with van der Waals surface area (Å²) in [4.78, 5) is 16.2. The molecule has 2 heterocycles. The molecule has 0 amide bonds. The van der Waals surface area contributed by atoms with E-state index >= 15 is 0 Å². The number of imidazole rings is 1.